The molecule has 0 aliphatic carbocycles. The quantitative estimate of drug-likeness (QED) is 0.671. The molecule has 7 heteroatoms. The zero-order valence-electron chi connectivity index (χ0n) is 18.6. The first-order valence-electron chi connectivity index (χ1n) is 11.0. The molecule has 1 unspecified atom stereocenters. The number of rotatable bonds is 7. The molecule has 0 bridgehead atoms. The van der Waals surface area contributed by atoms with Crippen LogP contribution in [-0.2, 0) is 9.53 Å². The van der Waals surface area contributed by atoms with E-state index in [9.17, 15) is 4.79 Å². The highest BCUT2D eigenvalue weighted by molar-refractivity contribution is 5.92. The molecule has 2 aliphatic rings. The van der Waals surface area contributed by atoms with Crippen LogP contribution in [-0.4, -0.2) is 64.0 Å². The van der Waals surface area contributed by atoms with Crippen LogP contribution >= 0.6 is 0 Å². The summed E-state index contributed by atoms with van der Waals surface area (Å²) in [4.78, 5) is 15.1. The summed E-state index contributed by atoms with van der Waals surface area (Å²) in [7, 11) is 1.59. The number of carbonyl (C=O) groups excluding carboxylic acids is 1. The first kappa shape index (κ1) is 22.2. The van der Waals surface area contributed by atoms with Crippen LogP contribution in [0.5, 0.6) is 17.2 Å². The maximum Gasteiger partial charge on any atom is 0.244 e. The normalized spacial score (nSPS) is 17.2. The topological polar surface area (TPSA) is 69.3 Å². The molecule has 2 heterocycles. The van der Waals surface area contributed by atoms with Crippen LogP contribution in [0.25, 0.3) is 6.08 Å². The Morgan fingerprint density at radius 3 is 2.62 bits per heavy atom. The largest absolute Gasteiger partial charge is 0.493 e. The zero-order chi connectivity index (χ0) is 22.3. The Balaban J connectivity index is 1.47. The zero-order valence-corrected chi connectivity index (χ0v) is 18.6. The van der Waals surface area contributed by atoms with Gasteiger partial charge < -0.3 is 24.3 Å². The summed E-state index contributed by atoms with van der Waals surface area (Å²) < 4.78 is 22.2. The molecule has 1 fully saturated rings. The molecule has 7 nitrogen and oxygen atoms in total. The van der Waals surface area contributed by atoms with E-state index in [1.54, 1.807) is 19.3 Å². The first-order valence-corrected chi connectivity index (χ1v) is 11.0. The predicted molar refractivity (Wildman–Crippen MR) is 122 cm³/mol. The number of aryl methyl sites for hydroxylation is 1. The number of nitrogens with one attached hydrogen (secondary N) is 1. The van der Waals surface area contributed by atoms with Gasteiger partial charge >= 0.3 is 0 Å². The molecule has 0 spiro atoms. The average molecular weight is 439 g/mol. The SMILES string of the molecule is COc1cc(/C=C/C(=O)NC(CN2CCOCC2)c2ccc(C)cc2)cc2c1OCCO2. The average Bonchev–Trinajstić information content (AvgIpc) is 2.83. The summed E-state index contributed by atoms with van der Waals surface area (Å²) in [6.45, 7) is 6.96. The fraction of sp³-hybridized carbons (Fsp3) is 0.400. The lowest BCUT2D eigenvalue weighted by atomic mass is 10.0. The number of morpholine rings is 1. The summed E-state index contributed by atoms with van der Waals surface area (Å²) in [5.41, 5.74) is 3.09. The van der Waals surface area contributed by atoms with E-state index >= 15 is 0 Å². The number of hydrogen-bond acceptors (Lipinski definition) is 6. The van der Waals surface area contributed by atoms with Crippen molar-refractivity contribution < 1.29 is 23.7 Å². The van der Waals surface area contributed by atoms with Gasteiger partial charge in [0.15, 0.2) is 11.5 Å². The number of hydrogen-bond donors (Lipinski definition) is 1. The van der Waals surface area contributed by atoms with E-state index < -0.39 is 0 Å². The van der Waals surface area contributed by atoms with Crippen LogP contribution in [0.2, 0.25) is 0 Å². The maximum atomic E-state index is 12.8. The lowest BCUT2D eigenvalue weighted by molar-refractivity contribution is -0.117. The second-order valence-corrected chi connectivity index (χ2v) is 7.97. The molecule has 1 saturated heterocycles. The number of fused-ring (bicyclic) bond motifs is 1. The molecule has 1 amide bonds. The fourth-order valence-corrected chi connectivity index (χ4v) is 3.86. The van der Waals surface area contributed by atoms with Crippen molar-refractivity contribution in [1.82, 2.24) is 10.2 Å². The minimum Gasteiger partial charge on any atom is -0.493 e. The molecular weight excluding hydrogens is 408 g/mol. The van der Waals surface area contributed by atoms with Gasteiger partial charge in [-0.1, -0.05) is 29.8 Å². The van der Waals surface area contributed by atoms with Gasteiger partial charge in [0, 0.05) is 25.7 Å². The van der Waals surface area contributed by atoms with Crippen molar-refractivity contribution in [2.45, 2.75) is 13.0 Å². The van der Waals surface area contributed by atoms with Gasteiger partial charge in [-0.2, -0.15) is 0 Å². The fourth-order valence-electron chi connectivity index (χ4n) is 3.86. The van der Waals surface area contributed by atoms with E-state index in [-0.39, 0.29) is 11.9 Å². The summed E-state index contributed by atoms with van der Waals surface area (Å²) in [6, 6.07) is 11.9. The van der Waals surface area contributed by atoms with Crippen molar-refractivity contribution in [3.05, 3.63) is 59.2 Å². The standard InChI is InChI=1S/C25H30N2O5/c1-18-3-6-20(7-4-18)21(17-27-9-11-30-12-10-27)26-24(28)8-5-19-15-22(29-2)25-23(16-19)31-13-14-32-25/h3-8,15-16,21H,9-14,17H2,1-2H3,(H,26,28)/b8-5+. The number of amides is 1. The third-order valence-corrected chi connectivity index (χ3v) is 5.62. The van der Waals surface area contributed by atoms with Crippen molar-refractivity contribution in [2.24, 2.45) is 0 Å². The monoisotopic (exact) mass is 438 g/mol. The van der Waals surface area contributed by atoms with E-state index in [0.29, 0.717) is 30.5 Å². The lowest BCUT2D eigenvalue weighted by Gasteiger charge is -2.31. The number of ether oxygens (including phenoxy) is 4. The van der Waals surface area contributed by atoms with Crippen molar-refractivity contribution in [2.75, 3.05) is 53.2 Å². The summed E-state index contributed by atoms with van der Waals surface area (Å²) in [5, 5.41) is 3.17. The Morgan fingerprint density at radius 1 is 1.12 bits per heavy atom. The van der Waals surface area contributed by atoms with Crippen molar-refractivity contribution in [3.8, 4) is 17.2 Å². The van der Waals surface area contributed by atoms with Gasteiger partial charge in [-0.15, -0.1) is 0 Å². The molecule has 1 atom stereocenters. The van der Waals surface area contributed by atoms with Crippen LogP contribution in [0.4, 0.5) is 0 Å². The summed E-state index contributed by atoms with van der Waals surface area (Å²) in [5.74, 6) is 1.66. The van der Waals surface area contributed by atoms with Gasteiger partial charge in [0.2, 0.25) is 11.7 Å². The number of methoxy groups -OCH3 is 1. The minimum absolute atomic E-state index is 0.111. The molecule has 2 aliphatic heterocycles. The van der Waals surface area contributed by atoms with Crippen molar-refractivity contribution in [3.63, 3.8) is 0 Å². The molecule has 170 valence electrons. The molecule has 0 aromatic heterocycles. The van der Waals surface area contributed by atoms with Gasteiger partial charge in [-0.25, -0.2) is 0 Å². The number of nitrogens with zero attached hydrogens (tertiary/aromatic N) is 1. The van der Waals surface area contributed by atoms with Gasteiger partial charge in [0.25, 0.3) is 0 Å². The van der Waals surface area contributed by atoms with E-state index in [0.717, 1.165) is 44.0 Å². The molecule has 2 aromatic rings. The van der Waals surface area contributed by atoms with E-state index in [2.05, 4.69) is 41.4 Å². The highest BCUT2D eigenvalue weighted by Gasteiger charge is 2.20. The van der Waals surface area contributed by atoms with Crippen LogP contribution in [0.3, 0.4) is 0 Å². The second kappa shape index (κ2) is 10.5. The Hall–Kier alpha value is -3.03. The molecule has 32 heavy (non-hydrogen) atoms. The molecule has 0 radical (unpaired) electrons. The minimum atomic E-state index is -0.155. The smallest absolute Gasteiger partial charge is 0.244 e. The van der Waals surface area contributed by atoms with Gasteiger partial charge in [-0.05, 0) is 36.3 Å². The Labute approximate surface area is 188 Å². The Bertz CT molecular complexity index is 934. The third-order valence-electron chi connectivity index (χ3n) is 5.62. The number of benzene rings is 2. The highest BCUT2D eigenvalue weighted by Crippen LogP contribution is 2.40. The van der Waals surface area contributed by atoms with Crippen LogP contribution in [0.1, 0.15) is 22.7 Å². The third kappa shape index (κ3) is 5.60. The summed E-state index contributed by atoms with van der Waals surface area (Å²) in [6.07, 6.45) is 3.31. The van der Waals surface area contributed by atoms with Gasteiger partial charge in [0.1, 0.15) is 13.2 Å². The lowest BCUT2D eigenvalue weighted by Crippen LogP contribution is -2.42. The van der Waals surface area contributed by atoms with Crippen LogP contribution < -0.4 is 19.5 Å². The van der Waals surface area contributed by atoms with Crippen LogP contribution in [0, 0.1) is 6.92 Å². The molecule has 1 N–H and O–H groups in total. The van der Waals surface area contributed by atoms with E-state index in [1.807, 2.05) is 12.1 Å². The van der Waals surface area contributed by atoms with Crippen molar-refractivity contribution >= 4 is 12.0 Å². The Morgan fingerprint density at radius 2 is 1.88 bits per heavy atom. The van der Waals surface area contributed by atoms with E-state index in [4.69, 9.17) is 18.9 Å². The molecule has 4 rings (SSSR count). The molecule has 2 aromatic carbocycles. The van der Waals surface area contributed by atoms with Crippen molar-refractivity contribution in [1.29, 1.82) is 0 Å². The summed E-state index contributed by atoms with van der Waals surface area (Å²) >= 11 is 0. The Kier molecular flexibility index (Phi) is 7.29. The highest BCUT2D eigenvalue weighted by atomic mass is 16.6. The molecule has 0 saturated carbocycles. The van der Waals surface area contributed by atoms with Gasteiger partial charge in [-0.3, -0.25) is 9.69 Å². The van der Waals surface area contributed by atoms with Crippen LogP contribution in [0.15, 0.2) is 42.5 Å². The van der Waals surface area contributed by atoms with Gasteiger partial charge in [0.05, 0.1) is 26.4 Å². The second-order valence-electron chi connectivity index (χ2n) is 7.97. The maximum absolute atomic E-state index is 12.8. The first-order chi connectivity index (χ1) is 15.6. The molecular formula is C25H30N2O5. The predicted octanol–water partition coefficient (Wildman–Crippen LogP) is 2.98. The number of carbonyl (C=O) groups is 1. The van der Waals surface area contributed by atoms with E-state index in [1.165, 1.54) is 5.56 Å².